The van der Waals surface area contributed by atoms with Gasteiger partial charge in [-0.25, -0.2) is 4.79 Å². The van der Waals surface area contributed by atoms with Crippen molar-refractivity contribution in [3.63, 3.8) is 0 Å². The van der Waals surface area contributed by atoms with Gasteiger partial charge in [0.2, 0.25) is 0 Å². The van der Waals surface area contributed by atoms with Crippen LogP contribution in [0.15, 0.2) is 88.1 Å². The summed E-state index contributed by atoms with van der Waals surface area (Å²) in [5, 5.41) is 0.885. The fourth-order valence-electron chi connectivity index (χ4n) is 2.97. The van der Waals surface area contributed by atoms with Gasteiger partial charge in [-0.1, -0.05) is 60.7 Å². The number of ether oxygens (including phenoxy) is 1. The molecule has 1 aromatic heterocycles. The van der Waals surface area contributed by atoms with Gasteiger partial charge in [0.25, 0.3) is 0 Å². The Balaban J connectivity index is 1.73. The molecule has 0 saturated carbocycles. The van der Waals surface area contributed by atoms with Crippen molar-refractivity contribution in [2.45, 2.75) is 0 Å². The predicted octanol–water partition coefficient (Wildman–Crippen LogP) is 5.64. The number of methoxy groups -OCH3 is 1. The minimum atomic E-state index is -0.347. The van der Waals surface area contributed by atoms with Gasteiger partial charge in [0.05, 0.1) is 12.7 Å². The lowest BCUT2D eigenvalue weighted by Gasteiger charge is -2.05. The Morgan fingerprint density at radius 2 is 1.56 bits per heavy atom. The standard InChI is InChI=1S/C24H18O3/c1-26-21-12-10-19(11-13-21)22-16-20-15-18(9-14-23(20)27-24(22)25)8-7-17-5-3-2-4-6-17/h2-16H,1H3/b8-7-. The molecule has 0 amide bonds. The van der Waals surface area contributed by atoms with Crippen molar-refractivity contribution in [1.82, 2.24) is 0 Å². The van der Waals surface area contributed by atoms with E-state index in [1.54, 1.807) is 7.11 Å². The summed E-state index contributed by atoms with van der Waals surface area (Å²) in [4.78, 5) is 12.4. The first-order valence-corrected chi connectivity index (χ1v) is 8.68. The summed E-state index contributed by atoms with van der Waals surface area (Å²) in [6.07, 6.45) is 4.11. The van der Waals surface area contributed by atoms with Crippen LogP contribution in [0.2, 0.25) is 0 Å². The van der Waals surface area contributed by atoms with E-state index in [-0.39, 0.29) is 5.63 Å². The van der Waals surface area contributed by atoms with E-state index in [1.165, 1.54) is 0 Å². The summed E-state index contributed by atoms with van der Waals surface area (Å²) < 4.78 is 10.7. The van der Waals surface area contributed by atoms with Crippen LogP contribution in [-0.4, -0.2) is 7.11 Å². The number of benzene rings is 3. The lowest BCUT2D eigenvalue weighted by atomic mass is 10.0. The molecule has 0 unspecified atom stereocenters. The number of rotatable bonds is 4. The average molecular weight is 354 g/mol. The summed E-state index contributed by atoms with van der Waals surface area (Å²) in [6, 6.07) is 25.2. The normalized spacial score (nSPS) is 11.1. The lowest BCUT2D eigenvalue weighted by molar-refractivity contribution is 0.415. The number of hydrogen-bond donors (Lipinski definition) is 0. The molecule has 4 aromatic rings. The van der Waals surface area contributed by atoms with Crippen LogP contribution in [0.25, 0.3) is 34.2 Å². The molecule has 0 N–H and O–H groups in total. The highest BCUT2D eigenvalue weighted by atomic mass is 16.5. The van der Waals surface area contributed by atoms with Crippen molar-refractivity contribution in [2.24, 2.45) is 0 Å². The Bertz CT molecular complexity index is 1150. The van der Waals surface area contributed by atoms with Crippen LogP contribution >= 0.6 is 0 Å². The smallest absolute Gasteiger partial charge is 0.344 e. The molecule has 3 heteroatoms. The van der Waals surface area contributed by atoms with Gasteiger partial charge < -0.3 is 9.15 Å². The van der Waals surface area contributed by atoms with Crippen molar-refractivity contribution in [3.8, 4) is 16.9 Å². The summed E-state index contributed by atoms with van der Waals surface area (Å²) in [5.41, 5.74) is 3.75. The van der Waals surface area contributed by atoms with Crippen molar-refractivity contribution < 1.29 is 9.15 Å². The molecule has 0 aliphatic carbocycles. The van der Waals surface area contributed by atoms with E-state index in [9.17, 15) is 4.79 Å². The fraction of sp³-hybridized carbons (Fsp3) is 0.0417. The molecule has 1 heterocycles. The largest absolute Gasteiger partial charge is 0.497 e. The second kappa shape index (κ2) is 7.34. The van der Waals surface area contributed by atoms with Gasteiger partial charge in [-0.05, 0) is 47.0 Å². The zero-order valence-electron chi connectivity index (χ0n) is 14.9. The quantitative estimate of drug-likeness (QED) is 0.352. The highest BCUT2D eigenvalue weighted by Crippen LogP contribution is 2.24. The number of hydrogen-bond acceptors (Lipinski definition) is 3. The van der Waals surface area contributed by atoms with Gasteiger partial charge in [0.1, 0.15) is 11.3 Å². The highest BCUT2D eigenvalue weighted by molar-refractivity contribution is 5.85. The molecule has 27 heavy (non-hydrogen) atoms. The molecule has 0 aliphatic rings. The third kappa shape index (κ3) is 3.67. The average Bonchev–Trinajstić information content (AvgIpc) is 2.72. The molecular formula is C24H18O3. The van der Waals surface area contributed by atoms with E-state index in [0.29, 0.717) is 11.1 Å². The van der Waals surface area contributed by atoms with Gasteiger partial charge >= 0.3 is 5.63 Å². The van der Waals surface area contributed by atoms with Gasteiger partial charge in [-0.15, -0.1) is 0 Å². The molecule has 0 radical (unpaired) electrons. The van der Waals surface area contributed by atoms with Gasteiger partial charge in [0, 0.05) is 5.39 Å². The topological polar surface area (TPSA) is 39.4 Å². The molecule has 0 aliphatic heterocycles. The van der Waals surface area contributed by atoms with E-state index < -0.39 is 0 Å². The van der Waals surface area contributed by atoms with Crippen LogP contribution in [0.4, 0.5) is 0 Å². The Hall–Kier alpha value is -3.59. The maximum Gasteiger partial charge on any atom is 0.344 e. The van der Waals surface area contributed by atoms with Crippen molar-refractivity contribution in [3.05, 3.63) is 100 Å². The first-order valence-electron chi connectivity index (χ1n) is 8.68. The Morgan fingerprint density at radius 1 is 0.815 bits per heavy atom. The minimum Gasteiger partial charge on any atom is -0.497 e. The first-order chi connectivity index (χ1) is 13.2. The molecular weight excluding hydrogens is 336 g/mol. The minimum absolute atomic E-state index is 0.347. The van der Waals surface area contributed by atoms with Crippen molar-refractivity contribution in [1.29, 1.82) is 0 Å². The second-order valence-corrected chi connectivity index (χ2v) is 6.22. The van der Waals surface area contributed by atoms with Crippen molar-refractivity contribution >= 4 is 23.1 Å². The van der Waals surface area contributed by atoms with Gasteiger partial charge in [-0.2, -0.15) is 0 Å². The second-order valence-electron chi connectivity index (χ2n) is 6.22. The summed E-state index contributed by atoms with van der Waals surface area (Å²) in [6.45, 7) is 0. The van der Waals surface area contributed by atoms with E-state index in [4.69, 9.17) is 9.15 Å². The zero-order chi connectivity index (χ0) is 18.6. The molecule has 132 valence electrons. The van der Waals surface area contributed by atoms with Gasteiger partial charge in [0.15, 0.2) is 0 Å². The predicted molar refractivity (Wildman–Crippen MR) is 110 cm³/mol. The highest BCUT2D eigenvalue weighted by Gasteiger charge is 2.08. The summed E-state index contributed by atoms with van der Waals surface area (Å²) in [5.74, 6) is 0.747. The summed E-state index contributed by atoms with van der Waals surface area (Å²) in [7, 11) is 1.61. The fourth-order valence-corrected chi connectivity index (χ4v) is 2.97. The summed E-state index contributed by atoms with van der Waals surface area (Å²) >= 11 is 0. The van der Waals surface area contributed by atoms with Crippen LogP contribution in [-0.2, 0) is 0 Å². The van der Waals surface area contributed by atoms with E-state index in [1.807, 2.05) is 72.8 Å². The van der Waals surface area contributed by atoms with Gasteiger partial charge in [-0.3, -0.25) is 0 Å². The Kier molecular flexibility index (Phi) is 4.58. The Labute approximate surface area is 157 Å². The molecule has 4 rings (SSSR count). The molecule has 0 saturated heterocycles. The first kappa shape index (κ1) is 16.9. The van der Waals surface area contributed by atoms with Crippen molar-refractivity contribution in [2.75, 3.05) is 7.11 Å². The van der Waals surface area contributed by atoms with E-state index in [2.05, 4.69) is 18.2 Å². The Morgan fingerprint density at radius 3 is 2.30 bits per heavy atom. The lowest BCUT2D eigenvalue weighted by Crippen LogP contribution is -2.02. The molecule has 0 atom stereocenters. The van der Waals surface area contributed by atoms with Crippen LogP contribution in [0, 0.1) is 0 Å². The van der Waals surface area contributed by atoms with Crippen LogP contribution in [0.3, 0.4) is 0 Å². The SMILES string of the molecule is COc1ccc(-c2cc3cc(/C=C\c4ccccc4)ccc3oc2=O)cc1. The van der Waals surface area contributed by atoms with Crippen LogP contribution < -0.4 is 10.4 Å². The molecule has 0 spiro atoms. The number of fused-ring (bicyclic) bond motifs is 1. The molecule has 0 bridgehead atoms. The zero-order valence-corrected chi connectivity index (χ0v) is 14.9. The third-order valence-electron chi connectivity index (χ3n) is 4.43. The van der Waals surface area contributed by atoms with E-state index >= 15 is 0 Å². The van der Waals surface area contributed by atoms with E-state index in [0.717, 1.165) is 27.8 Å². The maximum atomic E-state index is 12.4. The third-order valence-corrected chi connectivity index (χ3v) is 4.43. The van der Waals surface area contributed by atoms with Crippen LogP contribution in [0.5, 0.6) is 5.75 Å². The molecule has 3 nitrogen and oxygen atoms in total. The molecule has 0 fully saturated rings. The molecule has 3 aromatic carbocycles. The van der Waals surface area contributed by atoms with Crippen LogP contribution in [0.1, 0.15) is 11.1 Å². The maximum absolute atomic E-state index is 12.4. The monoisotopic (exact) mass is 354 g/mol.